The Morgan fingerprint density at radius 1 is 1.40 bits per heavy atom. The molecule has 0 aliphatic heterocycles. The molecular formula is C12H17NOS. The average molecular weight is 223 g/mol. The number of thiol groups is 1. The predicted molar refractivity (Wildman–Crippen MR) is 67.7 cm³/mol. The molecule has 0 aliphatic rings. The molecule has 1 unspecified atom stereocenters. The maximum absolute atomic E-state index is 11.8. The monoisotopic (exact) mass is 223 g/mol. The summed E-state index contributed by atoms with van der Waals surface area (Å²) in [5.74, 6) is 0.0460. The van der Waals surface area contributed by atoms with Crippen LogP contribution in [0.4, 0.5) is 5.69 Å². The third kappa shape index (κ3) is 2.99. The first-order valence-corrected chi connectivity index (χ1v) is 5.64. The minimum Gasteiger partial charge on any atom is -0.312 e. The SMILES string of the molecule is CCN(C(=O)C(C)S)c1ccc(C)cc1. The number of aryl methyl sites for hydroxylation is 1. The van der Waals surface area contributed by atoms with Crippen LogP contribution in [0.5, 0.6) is 0 Å². The second-order valence-corrected chi connectivity index (χ2v) is 4.37. The van der Waals surface area contributed by atoms with Gasteiger partial charge in [0.15, 0.2) is 0 Å². The van der Waals surface area contributed by atoms with Crippen LogP contribution < -0.4 is 4.90 Å². The van der Waals surface area contributed by atoms with Crippen LogP contribution in [-0.2, 0) is 4.79 Å². The molecule has 0 spiro atoms. The van der Waals surface area contributed by atoms with Crippen molar-refractivity contribution in [3.63, 3.8) is 0 Å². The van der Waals surface area contributed by atoms with E-state index in [4.69, 9.17) is 0 Å². The highest BCUT2D eigenvalue weighted by atomic mass is 32.1. The van der Waals surface area contributed by atoms with Gasteiger partial charge in [0.1, 0.15) is 0 Å². The Hall–Kier alpha value is -0.960. The van der Waals surface area contributed by atoms with Crippen molar-refractivity contribution in [1.29, 1.82) is 0 Å². The minimum absolute atomic E-state index is 0.0460. The lowest BCUT2D eigenvalue weighted by atomic mass is 10.2. The molecule has 1 amide bonds. The van der Waals surface area contributed by atoms with Gasteiger partial charge in [0.2, 0.25) is 5.91 Å². The van der Waals surface area contributed by atoms with E-state index in [1.54, 1.807) is 11.8 Å². The number of carbonyl (C=O) groups excluding carboxylic acids is 1. The van der Waals surface area contributed by atoms with Gasteiger partial charge in [-0.2, -0.15) is 12.6 Å². The summed E-state index contributed by atoms with van der Waals surface area (Å²) in [5.41, 5.74) is 2.13. The third-order valence-corrected chi connectivity index (χ3v) is 2.51. The molecule has 0 aromatic heterocycles. The second-order valence-electron chi connectivity index (χ2n) is 3.59. The molecule has 0 heterocycles. The molecule has 0 saturated carbocycles. The lowest BCUT2D eigenvalue weighted by Gasteiger charge is -2.22. The number of hydrogen-bond acceptors (Lipinski definition) is 2. The van der Waals surface area contributed by atoms with Gasteiger partial charge in [0, 0.05) is 12.2 Å². The van der Waals surface area contributed by atoms with Crippen LogP contribution in [0.15, 0.2) is 24.3 Å². The van der Waals surface area contributed by atoms with E-state index in [1.165, 1.54) is 5.56 Å². The van der Waals surface area contributed by atoms with Crippen molar-refractivity contribution >= 4 is 24.2 Å². The molecule has 1 aromatic carbocycles. The highest BCUT2D eigenvalue weighted by Gasteiger charge is 2.17. The van der Waals surface area contributed by atoms with Crippen LogP contribution in [0.2, 0.25) is 0 Å². The standard InChI is InChI=1S/C12H17NOS/c1-4-13(12(14)10(3)15)11-7-5-9(2)6-8-11/h5-8,10,15H,4H2,1-3H3. The maximum Gasteiger partial charge on any atom is 0.239 e. The third-order valence-electron chi connectivity index (χ3n) is 2.29. The molecule has 82 valence electrons. The molecule has 1 aromatic rings. The second kappa shape index (κ2) is 5.21. The number of rotatable bonds is 3. The van der Waals surface area contributed by atoms with Gasteiger partial charge in [-0.15, -0.1) is 0 Å². The molecule has 1 atom stereocenters. The molecule has 0 saturated heterocycles. The number of hydrogen-bond donors (Lipinski definition) is 1. The number of carbonyl (C=O) groups is 1. The van der Waals surface area contributed by atoms with E-state index >= 15 is 0 Å². The fourth-order valence-corrected chi connectivity index (χ4v) is 1.56. The molecule has 1 rings (SSSR count). The van der Waals surface area contributed by atoms with E-state index in [0.717, 1.165) is 5.69 Å². The predicted octanol–water partition coefficient (Wildman–Crippen LogP) is 2.67. The molecular weight excluding hydrogens is 206 g/mol. The minimum atomic E-state index is -0.258. The summed E-state index contributed by atoms with van der Waals surface area (Å²) in [6.07, 6.45) is 0. The zero-order valence-electron chi connectivity index (χ0n) is 9.40. The van der Waals surface area contributed by atoms with Gasteiger partial charge in [-0.1, -0.05) is 17.7 Å². The number of anilines is 1. The summed E-state index contributed by atoms with van der Waals surface area (Å²) in [6, 6.07) is 7.95. The summed E-state index contributed by atoms with van der Waals surface area (Å²) in [4.78, 5) is 13.6. The van der Waals surface area contributed by atoms with Gasteiger partial charge in [-0.3, -0.25) is 4.79 Å². The van der Waals surface area contributed by atoms with Gasteiger partial charge >= 0.3 is 0 Å². The summed E-state index contributed by atoms with van der Waals surface area (Å²) in [6.45, 7) is 6.46. The van der Waals surface area contributed by atoms with E-state index in [9.17, 15) is 4.79 Å². The van der Waals surface area contributed by atoms with E-state index in [-0.39, 0.29) is 11.2 Å². The van der Waals surface area contributed by atoms with Gasteiger partial charge in [0.25, 0.3) is 0 Å². The van der Waals surface area contributed by atoms with Crippen LogP contribution in [0, 0.1) is 6.92 Å². The zero-order valence-corrected chi connectivity index (χ0v) is 10.3. The van der Waals surface area contributed by atoms with Gasteiger partial charge in [-0.05, 0) is 32.9 Å². The van der Waals surface area contributed by atoms with Crippen LogP contribution in [0.25, 0.3) is 0 Å². The van der Waals surface area contributed by atoms with Crippen molar-refractivity contribution in [1.82, 2.24) is 0 Å². The van der Waals surface area contributed by atoms with Crippen LogP contribution in [0.1, 0.15) is 19.4 Å². The highest BCUT2D eigenvalue weighted by molar-refractivity contribution is 7.81. The van der Waals surface area contributed by atoms with E-state index in [2.05, 4.69) is 12.6 Å². The Morgan fingerprint density at radius 2 is 1.93 bits per heavy atom. The molecule has 0 radical (unpaired) electrons. The summed E-state index contributed by atoms with van der Waals surface area (Å²) < 4.78 is 0. The van der Waals surface area contributed by atoms with E-state index < -0.39 is 0 Å². The molecule has 0 N–H and O–H groups in total. The number of benzene rings is 1. The van der Waals surface area contributed by atoms with Crippen molar-refractivity contribution < 1.29 is 4.79 Å². The average Bonchev–Trinajstić information content (AvgIpc) is 2.21. The van der Waals surface area contributed by atoms with Crippen LogP contribution in [0.3, 0.4) is 0 Å². The zero-order chi connectivity index (χ0) is 11.4. The van der Waals surface area contributed by atoms with E-state index in [1.807, 2.05) is 38.1 Å². The molecule has 0 aliphatic carbocycles. The van der Waals surface area contributed by atoms with Gasteiger partial charge in [-0.25, -0.2) is 0 Å². The molecule has 2 nitrogen and oxygen atoms in total. The molecule has 15 heavy (non-hydrogen) atoms. The Kier molecular flexibility index (Phi) is 4.21. The normalized spacial score (nSPS) is 12.3. The van der Waals surface area contributed by atoms with Crippen molar-refractivity contribution in [3.05, 3.63) is 29.8 Å². The van der Waals surface area contributed by atoms with Crippen molar-refractivity contribution in [3.8, 4) is 0 Å². The summed E-state index contributed by atoms with van der Waals surface area (Å²) in [5, 5.41) is -0.258. The molecule has 0 fully saturated rings. The molecule has 3 heteroatoms. The van der Waals surface area contributed by atoms with Gasteiger partial charge in [0.05, 0.1) is 5.25 Å². The summed E-state index contributed by atoms with van der Waals surface area (Å²) >= 11 is 4.17. The lowest BCUT2D eigenvalue weighted by Crippen LogP contribution is -2.35. The van der Waals surface area contributed by atoms with Gasteiger partial charge < -0.3 is 4.90 Å². The van der Waals surface area contributed by atoms with Crippen molar-refractivity contribution in [2.24, 2.45) is 0 Å². The van der Waals surface area contributed by atoms with Crippen molar-refractivity contribution in [2.75, 3.05) is 11.4 Å². The fourth-order valence-electron chi connectivity index (χ4n) is 1.42. The Morgan fingerprint density at radius 3 is 2.33 bits per heavy atom. The summed E-state index contributed by atoms with van der Waals surface area (Å²) in [7, 11) is 0. The topological polar surface area (TPSA) is 20.3 Å². The first-order valence-electron chi connectivity index (χ1n) is 5.12. The highest BCUT2D eigenvalue weighted by Crippen LogP contribution is 2.16. The van der Waals surface area contributed by atoms with Crippen LogP contribution >= 0.6 is 12.6 Å². The Labute approximate surface area is 96.7 Å². The number of nitrogens with zero attached hydrogens (tertiary/aromatic N) is 1. The quantitative estimate of drug-likeness (QED) is 0.781. The maximum atomic E-state index is 11.8. The van der Waals surface area contributed by atoms with Crippen molar-refractivity contribution in [2.45, 2.75) is 26.0 Å². The molecule has 0 bridgehead atoms. The fraction of sp³-hybridized carbons (Fsp3) is 0.417. The Bertz CT molecular complexity index is 332. The smallest absolute Gasteiger partial charge is 0.239 e. The largest absolute Gasteiger partial charge is 0.312 e. The number of amides is 1. The lowest BCUT2D eigenvalue weighted by molar-refractivity contribution is -0.117. The first kappa shape index (κ1) is 12.1. The Balaban J connectivity index is 2.92. The van der Waals surface area contributed by atoms with E-state index in [0.29, 0.717) is 6.54 Å². The first-order chi connectivity index (χ1) is 7.06. The van der Waals surface area contributed by atoms with Crippen LogP contribution in [-0.4, -0.2) is 17.7 Å².